The monoisotopic (exact) mass is 344 g/mol. The first kappa shape index (κ1) is 17.9. The van der Waals surface area contributed by atoms with Crippen molar-refractivity contribution in [1.29, 1.82) is 0 Å². The molecule has 0 aromatic heterocycles. The van der Waals surface area contributed by atoms with Crippen molar-refractivity contribution in [2.45, 2.75) is 13.5 Å². The Morgan fingerprint density at radius 1 is 1.16 bits per heavy atom. The molecule has 6 nitrogen and oxygen atoms in total. The van der Waals surface area contributed by atoms with E-state index in [1.807, 2.05) is 17.9 Å². The van der Waals surface area contributed by atoms with Gasteiger partial charge in [-0.25, -0.2) is 0 Å². The largest absolute Gasteiger partial charge is 0.347 e. The zero-order valence-electron chi connectivity index (χ0n) is 14.9. The lowest BCUT2D eigenvalue weighted by atomic mass is 9.88. The summed E-state index contributed by atoms with van der Waals surface area (Å²) in [6.45, 7) is 7.96. The average Bonchev–Trinajstić information content (AvgIpc) is 2.59. The lowest BCUT2D eigenvalue weighted by Crippen LogP contribution is -2.53. The number of nitrogens with one attached hydrogen (secondary N) is 2. The van der Waals surface area contributed by atoms with Crippen molar-refractivity contribution in [2.24, 2.45) is 11.8 Å². The molecule has 1 atom stereocenters. The molecule has 2 aliphatic heterocycles. The summed E-state index contributed by atoms with van der Waals surface area (Å²) in [5.41, 5.74) is 1.30. The van der Waals surface area contributed by atoms with E-state index >= 15 is 0 Å². The predicted octanol–water partition coefficient (Wildman–Crippen LogP) is 0.303. The summed E-state index contributed by atoms with van der Waals surface area (Å²) >= 11 is 0. The van der Waals surface area contributed by atoms with Crippen molar-refractivity contribution in [3.63, 3.8) is 0 Å². The molecule has 1 unspecified atom stereocenters. The molecule has 0 radical (unpaired) electrons. The molecule has 2 amide bonds. The first-order chi connectivity index (χ1) is 12.1. The molecule has 0 saturated carbocycles. The zero-order chi connectivity index (χ0) is 17.6. The van der Waals surface area contributed by atoms with Gasteiger partial charge in [-0.3, -0.25) is 14.5 Å². The second-order valence-electron chi connectivity index (χ2n) is 7.07. The van der Waals surface area contributed by atoms with Crippen LogP contribution in [-0.4, -0.2) is 67.4 Å². The van der Waals surface area contributed by atoms with Crippen LogP contribution >= 0.6 is 0 Å². The number of amides is 2. The first-order valence-electron chi connectivity index (χ1n) is 9.16. The Morgan fingerprint density at radius 3 is 2.44 bits per heavy atom. The van der Waals surface area contributed by atoms with Gasteiger partial charge in [0, 0.05) is 38.6 Å². The maximum absolute atomic E-state index is 12.3. The Kier molecular flexibility index (Phi) is 6.04. The van der Waals surface area contributed by atoms with Crippen LogP contribution in [0.4, 0.5) is 0 Å². The van der Waals surface area contributed by atoms with Crippen molar-refractivity contribution in [1.82, 2.24) is 20.4 Å². The van der Waals surface area contributed by atoms with Crippen molar-refractivity contribution < 1.29 is 9.59 Å². The highest BCUT2D eigenvalue weighted by Crippen LogP contribution is 2.15. The summed E-state index contributed by atoms with van der Waals surface area (Å²) in [6, 6.07) is 10.4. The van der Waals surface area contributed by atoms with Gasteiger partial charge < -0.3 is 15.5 Å². The Morgan fingerprint density at radius 2 is 1.84 bits per heavy atom. The Labute approximate surface area is 149 Å². The number of rotatable bonds is 6. The highest BCUT2D eigenvalue weighted by Gasteiger charge is 2.29. The maximum atomic E-state index is 12.3. The number of carbonyl (C=O) groups excluding carboxylic acids is 2. The molecule has 1 aromatic carbocycles. The molecule has 2 heterocycles. The van der Waals surface area contributed by atoms with Crippen LogP contribution in [0.15, 0.2) is 30.3 Å². The number of hydrogen-bond acceptors (Lipinski definition) is 4. The molecular weight excluding hydrogens is 316 g/mol. The van der Waals surface area contributed by atoms with Crippen LogP contribution < -0.4 is 10.6 Å². The fourth-order valence-electron chi connectivity index (χ4n) is 3.31. The molecule has 0 bridgehead atoms. The van der Waals surface area contributed by atoms with Crippen LogP contribution in [0.5, 0.6) is 0 Å². The lowest BCUT2D eigenvalue weighted by Gasteiger charge is -2.35. The average molecular weight is 344 g/mol. The van der Waals surface area contributed by atoms with E-state index in [-0.39, 0.29) is 24.3 Å². The number of benzene rings is 1. The van der Waals surface area contributed by atoms with Crippen molar-refractivity contribution in [2.75, 3.05) is 45.8 Å². The van der Waals surface area contributed by atoms with Gasteiger partial charge in [-0.05, 0) is 24.6 Å². The van der Waals surface area contributed by atoms with Crippen LogP contribution in [-0.2, 0) is 16.1 Å². The lowest BCUT2D eigenvalue weighted by molar-refractivity contribution is -0.135. The fraction of sp³-hybridized carbons (Fsp3) is 0.579. The molecule has 0 aliphatic carbocycles. The molecule has 2 N–H and O–H groups in total. The van der Waals surface area contributed by atoms with Gasteiger partial charge in [0.25, 0.3) is 0 Å². The van der Waals surface area contributed by atoms with E-state index in [4.69, 9.17) is 0 Å². The molecule has 0 spiro atoms. The highest BCUT2D eigenvalue weighted by molar-refractivity contribution is 5.86. The molecule has 2 fully saturated rings. The topological polar surface area (TPSA) is 64.7 Å². The molecule has 136 valence electrons. The predicted molar refractivity (Wildman–Crippen MR) is 96.8 cm³/mol. The van der Waals surface area contributed by atoms with E-state index in [0.29, 0.717) is 5.92 Å². The normalized spacial score (nSPS) is 20.0. The molecule has 25 heavy (non-hydrogen) atoms. The van der Waals surface area contributed by atoms with Crippen LogP contribution in [0.1, 0.15) is 12.5 Å². The third-order valence-corrected chi connectivity index (χ3v) is 5.32. The van der Waals surface area contributed by atoms with E-state index in [9.17, 15) is 9.59 Å². The second-order valence-corrected chi connectivity index (χ2v) is 7.07. The Hall–Kier alpha value is -1.92. The minimum atomic E-state index is -0.0308. The van der Waals surface area contributed by atoms with E-state index in [1.165, 1.54) is 5.56 Å². The van der Waals surface area contributed by atoms with E-state index in [1.54, 1.807) is 0 Å². The number of piperazine rings is 1. The van der Waals surface area contributed by atoms with Gasteiger partial charge in [-0.1, -0.05) is 37.3 Å². The third-order valence-electron chi connectivity index (χ3n) is 5.32. The first-order valence-corrected chi connectivity index (χ1v) is 9.16. The smallest absolute Gasteiger partial charge is 0.242 e. The van der Waals surface area contributed by atoms with Gasteiger partial charge in [0.1, 0.15) is 0 Å². The van der Waals surface area contributed by atoms with Crippen LogP contribution in [0.2, 0.25) is 0 Å². The van der Waals surface area contributed by atoms with Gasteiger partial charge in [0.15, 0.2) is 0 Å². The van der Waals surface area contributed by atoms with E-state index in [0.717, 1.165) is 45.8 Å². The molecule has 2 saturated heterocycles. The summed E-state index contributed by atoms with van der Waals surface area (Å²) < 4.78 is 0. The van der Waals surface area contributed by atoms with Crippen molar-refractivity contribution >= 4 is 11.8 Å². The number of carbonyl (C=O) groups is 2. The number of nitrogens with zero attached hydrogens (tertiary/aromatic N) is 2. The minimum Gasteiger partial charge on any atom is -0.347 e. The van der Waals surface area contributed by atoms with E-state index < -0.39 is 0 Å². The van der Waals surface area contributed by atoms with Gasteiger partial charge in [-0.2, -0.15) is 0 Å². The van der Waals surface area contributed by atoms with Gasteiger partial charge in [-0.15, -0.1) is 0 Å². The minimum absolute atomic E-state index is 0.0115. The van der Waals surface area contributed by atoms with Crippen molar-refractivity contribution in [3.05, 3.63) is 35.9 Å². The zero-order valence-corrected chi connectivity index (χ0v) is 14.9. The summed E-state index contributed by atoms with van der Waals surface area (Å²) in [5.74, 6) is 0.377. The molecule has 2 aliphatic rings. The summed E-state index contributed by atoms with van der Waals surface area (Å²) in [5, 5.41) is 5.98. The Bertz CT molecular complexity index is 580. The SMILES string of the molecule is CC(C(=O)NCC(=O)N1CCN(Cc2ccccc2)CC1)C1CNC1. The summed E-state index contributed by atoms with van der Waals surface area (Å²) in [4.78, 5) is 28.6. The standard InChI is InChI=1S/C19H28N4O2/c1-15(17-11-20-12-17)19(25)21-13-18(24)23-9-7-22(8-10-23)14-16-5-3-2-4-6-16/h2-6,15,17,20H,7-14H2,1H3,(H,21,25). The summed E-state index contributed by atoms with van der Waals surface area (Å²) in [7, 11) is 0. The quantitative estimate of drug-likeness (QED) is 0.779. The molecule has 1 aromatic rings. The highest BCUT2D eigenvalue weighted by atomic mass is 16.2. The Balaban J connectivity index is 1.37. The molecule has 6 heteroatoms. The van der Waals surface area contributed by atoms with Crippen LogP contribution in [0, 0.1) is 11.8 Å². The fourth-order valence-corrected chi connectivity index (χ4v) is 3.31. The van der Waals surface area contributed by atoms with Gasteiger partial charge >= 0.3 is 0 Å². The van der Waals surface area contributed by atoms with Gasteiger partial charge in [0.05, 0.1) is 6.54 Å². The van der Waals surface area contributed by atoms with Gasteiger partial charge in [0.2, 0.25) is 11.8 Å². The second kappa shape index (κ2) is 8.45. The maximum Gasteiger partial charge on any atom is 0.242 e. The van der Waals surface area contributed by atoms with Crippen LogP contribution in [0.25, 0.3) is 0 Å². The van der Waals surface area contributed by atoms with E-state index in [2.05, 4.69) is 39.8 Å². The van der Waals surface area contributed by atoms with Crippen LogP contribution in [0.3, 0.4) is 0 Å². The summed E-state index contributed by atoms with van der Waals surface area (Å²) in [6.07, 6.45) is 0. The third kappa shape index (κ3) is 4.80. The molecule has 3 rings (SSSR count). The molecular formula is C19H28N4O2. The van der Waals surface area contributed by atoms with Crippen molar-refractivity contribution in [3.8, 4) is 0 Å². The number of hydrogen-bond donors (Lipinski definition) is 2.